The van der Waals surface area contributed by atoms with Crippen molar-refractivity contribution in [3.63, 3.8) is 0 Å². The quantitative estimate of drug-likeness (QED) is 0.795. The van der Waals surface area contributed by atoms with Crippen molar-refractivity contribution in [1.29, 1.82) is 0 Å². The molecule has 7 nitrogen and oxygen atoms in total. The van der Waals surface area contributed by atoms with E-state index in [4.69, 9.17) is 14.2 Å². The van der Waals surface area contributed by atoms with E-state index in [9.17, 15) is 9.59 Å². The van der Waals surface area contributed by atoms with Gasteiger partial charge in [0.15, 0.2) is 5.79 Å². The summed E-state index contributed by atoms with van der Waals surface area (Å²) in [6.45, 7) is 10.1. The molecule has 2 rings (SSSR count). The molecule has 0 aliphatic carbocycles. The summed E-state index contributed by atoms with van der Waals surface area (Å²) in [5.41, 5.74) is 0.473. The van der Waals surface area contributed by atoms with E-state index in [0.29, 0.717) is 6.61 Å². The first-order chi connectivity index (χ1) is 12.6. The highest BCUT2D eigenvalue weighted by molar-refractivity contribution is 5.82. The lowest BCUT2D eigenvalue weighted by Gasteiger charge is -2.44. The lowest BCUT2D eigenvalue weighted by Crippen LogP contribution is -2.57. The van der Waals surface area contributed by atoms with Gasteiger partial charge in [0.05, 0.1) is 6.61 Å². The van der Waals surface area contributed by atoms with Crippen LogP contribution in [0.3, 0.4) is 0 Å². The van der Waals surface area contributed by atoms with E-state index in [1.54, 1.807) is 20.8 Å². The molecule has 1 saturated heterocycles. The van der Waals surface area contributed by atoms with Crippen LogP contribution in [0.25, 0.3) is 0 Å². The van der Waals surface area contributed by atoms with E-state index < -0.39 is 23.4 Å². The van der Waals surface area contributed by atoms with E-state index in [1.165, 1.54) is 0 Å². The molecule has 0 radical (unpaired) electrons. The molecule has 1 heterocycles. The van der Waals surface area contributed by atoms with Crippen LogP contribution in [0.2, 0.25) is 0 Å². The van der Waals surface area contributed by atoms with E-state index in [-0.39, 0.29) is 25.1 Å². The van der Waals surface area contributed by atoms with Crippen molar-refractivity contribution in [2.24, 2.45) is 5.41 Å². The molecule has 27 heavy (non-hydrogen) atoms. The third-order valence-electron chi connectivity index (χ3n) is 4.30. The maximum absolute atomic E-state index is 12.6. The summed E-state index contributed by atoms with van der Waals surface area (Å²) < 4.78 is 16.6. The van der Waals surface area contributed by atoms with Crippen LogP contribution in [-0.2, 0) is 25.6 Å². The largest absolute Gasteiger partial charge is 0.445 e. The Balaban J connectivity index is 1.76. The molecule has 150 valence electrons. The molecule has 1 aliphatic heterocycles. The minimum absolute atomic E-state index is 0.199. The Morgan fingerprint density at radius 1 is 1.22 bits per heavy atom. The number of hydrogen-bond acceptors (Lipinski definition) is 5. The average Bonchev–Trinajstić information content (AvgIpc) is 2.61. The zero-order valence-corrected chi connectivity index (χ0v) is 16.7. The number of ether oxygens (including phenoxy) is 3. The fraction of sp³-hybridized carbons (Fsp3) is 0.600. The van der Waals surface area contributed by atoms with Crippen LogP contribution in [-0.4, -0.2) is 43.1 Å². The Kier molecular flexibility index (Phi) is 6.84. The van der Waals surface area contributed by atoms with Crippen LogP contribution in [0.4, 0.5) is 4.79 Å². The number of hydrogen-bond donors (Lipinski definition) is 2. The molecule has 1 aliphatic rings. The smallest absolute Gasteiger partial charge is 0.407 e. The number of rotatable bonds is 6. The van der Waals surface area contributed by atoms with Gasteiger partial charge in [0.1, 0.15) is 12.7 Å². The van der Waals surface area contributed by atoms with Crippen LogP contribution in [0.15, 0.2) is 30.3 Å². The van der Waals surface area contributed by atoms with Crippen LogP contribution in [0.5, 0.6) is 0 Å². The maximum Gasteiger partial charge on any atom is 0.407 e. The lowest BCUT2D eigenvalue weighted by atomic mass is 9.85. The highest BCUT2D eigenvalue weighted by Gasteiger charge is 2.45. The van der Waals surface area contributed by atoms with Crippen LogP contribution >= 0.6 is 0 Å². The van der Waals surface area contributed by atoms with Gasteiger partial charge in [-0.25, -0.2) is 4.79 Å². The fourth-order valence-electron chi connectivity index (χ4n) is 2.68. The normalized spacial score (nSPS) is 21.7. The number of nitrogens with one attached hydrogen (secondary N) is 2. The molecular weight excluding hydrogens is 348 g/mol. The van der Waals surface area contributed by atoms with Gasteiger partial charge in [-0.2, -0.15) is 0 Å². The average molecular weight is 378 g/mol. The van der Waals surface area contributed by atoms with Crippen LogP contribution < -0.4 is 10.6 Å². The van der Waals surface area contributed by atoms with E-state index in [0.717, 1.165) is 5.56 Å². The second-order valence-corrected chi connectivity index (χ2v) is 8.03. The van der Waals surface area contributed by atoms with Crippen LogP contribution in [0, 0.1) is 5.41 Å². The highest BCUT2D eigenvalue weighted by atomic mass is 16.7. The number of alkyl carbamates (subject to hydrolysis) is 1. The van der Waals surface area contributed by atoms with Crippen molar-refractivity contribution < 1.29 is 23.8 Å². The summed E-state index contributed by atoms with van der Waals surface area (Å²) in [6.07, 6.45) is -1.15. The lowest BCUT2D eigenvalue weighted by molar-refractivity contribution is -0.304. The van der Waals surface area contributed by atoms with E-state index >= 15 is 0 Å². The molecule has 0 saturated carbocycles. The maximum atomic E-state index is 12.6. The molecule has 2 N–H and O–H groups in total. The molecule has 0 spiro atoms. The van der Waals surface area contributed by atoms with Gasteiger partial charge in [-0.1, -0.05) is 44.2 Å². The van der Waals surface area contributed by atoms with E-state index in [2.05, 4.69) is 10.6 Å². The Labute approximate surface area is 160 Å². The van der Waals surface area contributed by atoms with Crippen molar-refractivity contribution >= 4 is 12.0 Å². The first-order valence-electron chi connectivity index (χ1n) is 9.16. The molecule has 0 aromatic heterocycles. The van der Waals surface area contributed by atoms with Gasteiger partial charge in [-0.3, -0.25) is 4.79 Å². The third-order valence-corrected chi connectivity index (χ3v) is 4.30. The standard InChI is InChI=1S/C20H30N2O5/c1-14(22-18(24)25-12-15-9-7-6-8-10-15)11-21-17(23)16-19(2,3)13-26-20(4,5)27-16/h6-10,14,16H,11-13H2,1-5H3,(H,21,23)(H,22,24)/t14-,16+/m0/s1. The van der Waals surface area contributed by atoms with Gasteiger partial charge >= 0.3 is 6.09 Å². The zero-order valence-electron chi connectivity index (χ0n) is 16.7. The molecule has 1 fully saturated rings. The van der Waals surface area contributed by atoms with Gasteiger partial charge in [-0.15, -0.1) is 0 Å². The van der Waals surface area contributed by atoms with Gasteiger partial charge < -0.3 is 24.8 Å². The topological polar surface area (TPSA) is 85.9 Å². The monoisotopic (exact) mass is 378 g/mol. The van der Waals surface area contributed by atoms with Gasteiger partial charge in [0.25, 0.3) is 0 Å². The number of carbonyl (C=O) groups excluding carboxylic acids is 2. The predicted octanol–water partition coefficient (Wildman–Crippen LogP) is 2.60. The second kappa shape index (κ2) is 8.71. The Morgan fingerprint density at radius 2 is 1.89 bits per heavy atom. The summed E-state index contributed by atoms with van der Waals surface area (Å²) in [5, 5.41) is 5.54. The van der Waals surface area contributed by atoms with Crippen molar-refractivity contribution in [2.45, 2.75) is 59.2 Å². The Morgan fingerprint density at radius 3 is 2.56 bits per heavy atom. The Hall–Kier alpha value is -2.12. The van der Waals surface area contributed by atoms with Crippen molar-refractivity contribution in [3.05, 3.63) is 35.9 Å². The van der Waals surface area contributed by atoms with Gasteiger partial charge in [0, 0.05) is 18.0 Å². The summed E-state index contributed by atoms with van der Waals surface area (Å²) in [4.78, 5) is 24.4. The van der Waals surface area contributed by atoms with Gasteiger partial charge in [0.2, 0.25) is 5.91 Å². The first-order valence-corrected chi connectivity index (χ1v) is 9.16. The van der Waals surface area contributed by atoms with Crippen molar-refractivity contribution in [2.75, 3.05) is 13.2 Å². The third kappa shape index (κ3) is 6.52. The predicted molar refractivity (Wildman–Crippen MR) is 101 cm³/mol. The number of benzene rings is 1. The minimum atomic E-state index is -0.803. The molecule has 0 bridgehead atoms. The van der Waals surface area contributed by atoms with E-state index in [1.807, 2.05) is 44.2 Å². The second-order valence-electron chi connectivity index (χ2n) is 8.03. The summed E-state index contributed by atoms with van der Waals surface area (Å²) >= 11 is 0. The number of amides is 2. The minimum Gasteiger partial charge on any atom is -0.445 e. The van der Waals surface area contributed by atoms with Crippen LogP contribution in [0.1, 0.15) is 40.2 Å². The first kappa shape index (κ1) is 21.2. The molecule has 0 unspecified atom stereocenters. The van der Waals surface area contributed by atoms with Crippen molar-refractivity contribution in [1.82, 2.24) is 10.6 Å². The molecular formula is C20H30N2O5. The zero-order chi connectivity index (χ0) is 20.1. The summed E-state index contributed by atoms with van der Waals surface area (Å²) in [7, 11) is 0. The molecule has 2 atom stereocenters. The molecule has 7 heteroatoms. The fourth-order valence-corrected chi connectivity index (χ4v) is 2.68. The SMILES string of the molecule is C[C@@H](CNC(=O)[C@H]1OC(C)(C)OCC1(C)C)NC(=O)OCc1ccccc1. The summed E-state index contributed by atoms with van der Waals surface area (Å²) in [6, 6.07) is 9.15. The highest BCUT2D eigenvalue weighted by Crippen LogP contribution is 2.34. The molecule has 1 aromatic carbocycles. The summed E-state index contributed by atoms with van der Waals surface area (Å²) in [5.74, 6) is -1.02. The van der Waals surface area contributed by atoms with Gasteiger partial charge in [-0.05, 0) is 26.3 Å². The number of carbonyl (C=O) groups is 2. The molecule has 2 amide bonds. The Bertz CT molecular complexity index is 645. The molecule has 1 aromatic rings. The van der Waals surface area contributed by atoms with Crippen molar-refractivity contribution in [3.8, 4) is 0 Å².